The molecule has 2 aromatic carbocycles. The molecule has 1 atom stereocenters. The fourth-order valence-corrected chi connectivity index (χ4v) is 2.70. The normalized spacial score (nSPS) is 13.6. The Kier molecular flexibility index (Phi) is 5.33. The van der Waals surface area contributed by atoms with Crippen LogP contribution in [0, 0.1) is 0 Å². The lowest BCUT2D eigenvalue weighted by molar-refractivity contribution is 0.313. The second-order valence-corrected chi connectivity index (χ2v) is 6.91. The van der Waals surface area contributed by atoms with Crippen molar-refractivity contribution in [3.05, 3.63) is 70.5 Å². The van der Waals surface area contributed by atoms with Gasteiger partial charge in [-0.05, 0) is 36.8 Å². The molecule has 3 aromatic rings. The molecule has 6 heteroatoms. The van der Waals surface area contributed by atoms with Crippen LogP contribution in [0.5, 0.6) is 0 Å². The third-order valence-corrected chi connectivity index (χ3v) is 4.84. The molecule has 0 aliphatic heterocycles. The molecule has 0 saturated carbocycles. The number of halogens is 2. The van der Waals surface area contributed by atoms with E-state index in [1.54, 1.807) is 0 Å². The van der Waals surface area contributed by atoms with Gasteiger partial charge < -0.3 is 4.42 Å². The first-order valence-corrected chi connectivity index (χ1v) is 8.88. The maximum atomic E-state index is 6.19. The highest BCUT2D eigenvalue weighted by atomic mass is 79.9. The zero-order valence-electron chi connectivity index (χ0n) is 13.2. The van der Waals surface area contributed by atoms with E-state index in [0.29, 0.717) is 24.2 Å². The van der Waals surface area contributed by atoms with E-state index < -0.39 is 5.54 Å². The van der Waals surface area contributed by atoms with Crippen molar-refractivity contribution in [1.82, 2.24) is 15.5 Å². The maximum Gasteiger partial charge on any atom is 0.247 e. The van der Waals surface area contributed by atoms with Crippen molar-refractivity contribution < 1.29 is 4.42 Å². The van der Waals surface area contributed by atoms with Crippen molar-refractivity contribution in [1.29, 1.82) is 0 Å². The Morgan fingerprint density at radius 2 is 1.79 bits per heavy atom. The Balaban J connectivity index is 1.79. The van der Waals surface area contributed by atoms with Crippen molar-refractivity contribution in [3.63, 3.8) is 0 Å². The minimum Gasteiger partial charge on any atom is -0.419 e. The molecular formula is C18H17BrClN3O. The molecule has 0 aliphatic rings. The monoisotopic (exact) mass is 405 g/mol. The summed E-state index contributed by atoms with van der Waals surface area (Å²) in [6.07, 6.45) is 0. The molecule has 1 heterocycles. The van der Waals surface area contributed by atoms with Gasteiger partial charge in [0.1, 0.15) is 5.54 Å². The first-order valence-electron chi connectivity index (χ1n) is 7.55. The Hall–Kier alpha value is -1.69. The van der Waals surface area contributed by atoms with Crippen LogP contribution >= 0.6 is 27.5 Å². The molecule has 0 fully saturated rings. The topological polar surface area (TPSA) is 51.0 Å². The molecular weight excluding hydrogens is 390 g/mol. The van der Waals surface area contributed by atoms with Crippen LogP contribution in [0.2, 0.25) is 0 Å². The van der Waals surface area contributed by atoms with Gasteiger partial charge in [-0.3, -0.25) is 5.32 Å². The Morgan fingerprint density at radius 3 is 2.46 bits per heavy atom. The molecule has 24 heavy (non-hydrogen) atoms. The third-order valence-electron chi connectivity index (χ3n) is 3.78. The molecule has 0 amide bonds. The lowest BCUT2D eigenvalue weighted by atomic mass is 10.0. The van der Waals surface area contributed by atoms with E-state index in [2.05, 4.69) is 43.6 Å². The second kappa shape index (κ2) is 7.47. The number of alkyl halides is 1. The van der Waals surface area contributed by atoms with Gasteiger partial charge in [-0.2, -0.15) is 0 Å². The minimum atomic E-state index is -0.599. The highest BCUT2D eigenvalue weighted by Crippen LogP contribution is 2.26. The minimum absolute atomic E-state index is 0.321. The van der Waals surface area contributed by atoms with E-state index >= 15 is 0 Å². The van der Waals surface area contributed by atoms with Gasteiger partial charge in [0.25, 0.3) is 0 Å². The maximum absolute atomic E-state index is 6.19. The van der Waals surface area contributed by atoms with E-state index in [0.717, 1.165) is 10.0 Å². The summed E-state index contributed by atoms with van der Waals surface area (Å²) >= 11 is 9.60. The van der Waals surface area contributed by atoms with Gasteiger partial charge >= 0.3 is 0 Å². The summed E-state index contributed by atoms with van der Waals surface area (Å²) in [5, 5.41) is 11.8. The van der Waals surface area contributed by atoms with Crippen LogP contribution in [0.3, 0.4) is 0 Å². The number of rotatable bonds is 6. The van der Waals surface area contributed by atoms with Gasteiger partial charge in [0.2, 0.25) is 11.8 Å². The highest BCUT2D eigenvalue weighted by molar-refractivity contribution is 9.10. The van der Waals surface area contributed by atoms with E-state index in [1.165, 1.54) is 5.56 Å². The standard InChI is InChI=1S/C18H17BrClN3O/c1-18(12-20,21-11-13-5-3-2-4-6-13)17-23-22-16(24-17)14-7-9-15(19)10-8-14/h2-10,21H,11-12H2,1H3. The molecule has 0 spiro atoms. The number of nitrogens with one attached hydrogen (secondary N) is 1. The lowest BCUT2D eigenvalue weighted by Gasteiger charge is -2.24. The van der Waals surface area contributed by atoms with E-state index in [-0.39, 0.29) is 0 Å². The van der Waals surface area contributed by atoms with Crippen LogP contribution in [0.25, 0.3) is 11.5 Å². The first kappa shape index (κ1) is 17.1. The van der Waals surface area contributed by atoms with Crippen LogP contribution < -0.4 is 5.32 Å². The van der Waals surface area contributed by atoms with Gasteiger partial charge in [-0.1, -0.05) is 46.3 Å². The molecule has 0 aliphatic carbocycles. The molecule has 0 bridgehead atoms. The largest absolute Gasteiger partial charge is 0.419 e. The van der Waals surface area contributed by atoms with E-state index in [4.69, 9.17) is 16.0 Å². The zero-order valence-corrected chi connectivity index (χ0v) is 15.5. The van der Waals surface area contributed by atoms with Crippen molar-refractivity contribution in [3.8, 4) is 11.5 Å². The molecule has 0 radical (unpaired) electrons. The van der Waals surface area contributed by atoms with Crippen LogP contribution in [0.1, 0.15) is 18.4 Å². The predicted octanol–water partition coefficient (Wildman–Crippen LogP) is 4.74. The number of hydrogen-bond donors (Lipinski definition) is 1. The first-order chi connectivity index (χ1) is 11.6. The molecule has 1 unspecified atom stereocenters. The summed E-state index contributed by atoms with van der Waals surface area (Å²) in [5.41, 5.74) is 1.44. The Bertz CT molecular complexity index is 792. The van der Waals surface area contributed by atoms with Crippen LogP contribution in [0.15, 0.2) is 63.5 Å². The fourth-order valence-electron chi connectivity index (χ4n) is 2.23. The summed E-state index contributed by atoms with van der Waals surface area (Å²) in [7, 11) is 0. The van der Waals surface area contributed by atoms with Crippen molar-refractivity contribution >= 4 is 27.5 Å². The molecule has 124 valence electrons. The van der Waals surface area contributed by atoms with Gasteiger partial charge in [-0.15, -0.1) is 21.8 Å². The van der Waals surface area contributed by atoms with Gasteiger partial charge in [0.15, 0.2) is 0 Å². The summed E-state index contributed by atoms with van der Waals surface area (Å²) in [6, 6.07) is 17.9. The predicted molar refractivity (Wildman–Crippen MR) is 98.8 cm³/mol. The summed E-state index contributed by atoms with van der Waals surface area (Å²) in [6.45, 7) is 2.63. The second-order valence-electron chi connectivity index (χ2n) is 5.72. The summed E-state index contributed by atoms with van der Waals surface area (Å²) < 4.78 is 6.87. The van der Waals surface area contributed by atoms with Crippen molar-refractivity contribution in [2.45, 2.75) is 19.0 Å². The lowest BCUT2D eigenvalue weighted by Crippen LogP contribution is -2.41. The molecule has 1 N–H and O–H groups in total. The van der Waals surface area contributed by atoms with E-state index in [9.17, 15) is 0 Å². The molecule has 1 aromatic heterocycles. The van der Waals surface area contributed by atoms with Crippen LogP contribution in [-0.4, -0.2) is 16.1 Å². The van der Waals surface area contributed by atoms with Crippen molar-refractivity contribution in [2.24, 2.45) is 0 Å². The average molecular weight is 407 g/mol. The smallest absolute Gasteiger partial charge is 0.247 e. The zero-order chi connectivity index (χ0) is 17.0. The van der Waals surface area contributed by atoms with E-state index in [1.807, 2.05) is 49.4 Å². The van der Waals surface area contributed by atoms with Crippen molar-refractivity contribution in [2.75, 3.05) is 5.88 Å². The number of aromatic nitrogens is 2. The Labute approximate surface area is 154 Å². The molecule has 4 nitrogen and oxygen atoms in total. The van der Waals surface area contributed by atoms with Crippen LogP contribution in [0.4, 0.5) is 0 Å². The van der Waals surface area contributed by atoms with Gasteiger partial charge in [-0.25, -0.2) is 0 Å². The summed E-state index contributed by atoms with van der Waals surface area (Å²) in [5.74, 6) is 1.28. The van der Waals surface area contributed by atoms with Gasteiger partial charge in [0.05, 0.1) is 0 Å². The third kappa shape index (κ3) is 3.86. The fraction of sp³-hybridized carbons (Fsp3) is 0.222. The SMILES string of the molecule is CC(CCl)(NCc1ccccc1)c1nnc(-c2ccc(Br)cc2)o1. The Morgan fingerprint density at radius 1 is 1.08 bits per heavy atom. The molecule has 3 rings (SSSR count). The highest BCUT2D eigenvalue weighted by Gasteiger charge is 2.31. The van der Waals surface area contributed by atoms with Gasteiger partial charge in [0, 0.05) is 22.5 Å². The van der Waals surface area contributed by atoms with Crippen LogP contribution in [-0.2, 0) is 12.1 Å². The number of benzene rings is 2. The molecule has 0 saturated heterocycles. The summed E-state index contributed by atoms with van der Waals surface area (Å²) in [4.78, 5) is 0. The number of hydrogen-bond acceptors (Lipinski definition) is 4. The quantitative estimate of drug-likeness (QED) is 0.601. The number of nitrogens with zero attached hydrogens (tertiary/aromatic N) is 2. The average Bonchev–Trinajstić information content (AvgIpc) is 3.12.